The number of carbonyl (C=O) groups excluding carboxylic acids is 1. The third kappa shape index (κ3) is 2.89. The standard InChI is InChI=1S/C15H14N2O2/c1-10(2)9-19-15-13(7-16)6-12-5-11(8-18)3-4-14(12)17-15/h3-6,8,10H,9H2,1-2H3. The van der Waals surface area contributed by atoms with Crippen LogP contribution in [0.5, 0.6) is 5.88 Å². The van der Waals surface area contributed by atoms with E-state index < -0.39 is 0 Å². The number of benzene rings is 1. The van der Waals surface area contributed by atoms with Crippen molar-refractivity contribution in [3.63, 3.8) is 0 Å². The fraction of sp³-hybridized carbons (Fsp3) is 0.267. The molecular weight excluding hydrogens is 240 g/mol. The number of aldehydes is 1. The number of ether oxygens (including phenoxy) is 1. The Labute approximate surface area is 111 Å². The van der Waals surface area contributed by atoms with Crippen LogP contribution in [-0.4, -0.2) is 17.9 Å². The van der Waals surface area contributed by atoms with Crippen LogP contribution >= 0.6 is 0 Å². The molecule has 0 aliphatic carbocycles. The molecule has 2 rings (SSSR count). The minimum atomic E-state index is 0.350. The molecule has 0 atom stereocenters. The van der Waals surface area contributed by atoms with E-state index >= 15 is 0 Å². The van der Waals surface area contributed by atoms with E-state index in [1.807, 2.05) is 13.8 Å². The highest BCUT2D eigenvalue weighted by atomic mass is 16.5. The van der Waals surface area contributed by atoms with Crippen LogP contribution in [0.4, 0.5) is 0 Å². The quantitative estimate of drug-likeness (QED) is 0.787. The fourth-order valence-corrected chi connectivity index (χ4v) is 1.69. The molecule has 0 aliphatic rings. The minimum Gasteiger partial charge on any atom is -0.476 e. The predicted octanol–water partition coefficient (Wildman–Crippen LogP) is 2.95. The van der Waals surface area contributed by atoms with Gasteiger partial charge >= 0.3 is 0 Å². The first-order chi connectivity index (χ1) is 9.13. The number of rotatable bonds is 4. The zero-order valence-electron chi connectivity index (χ0n) is 10.9. The summed E-state index contributed by atoms with van der Waals surface area (Å²) in [5.74, 6) is 0.712. The molecule has 0 N–H and O–H groups in total. The maximum absolute atomic E-state index is 10.7. The highest BCUT2D eigenvalue weighted by molar-refractivity contribution is 5.87. The summed E-state index contributed by atoms with van der Waals surface area (Å²) >= 11 is 0. The zero-order valence-corrected chi connectivity index (χ0v) is 10.9. The van der Waals surface area contributed by atoms with Crippen LogP contribution in [0.3, 0.4) is 0 Å². The van der Waals surface area contributed by atoms with E-state index in [0.717, 1.165) is 11.7 Å². The Morgan fingerprint density at radius 3 is 2.84 bits per heavy atom. The first kappa shape index (κ1) is 13.0. The lowest BCUT2D eigenvalue weighted by atomic mass is 10.1. The van der Waals surface area contributed by atoms with Gasteiger partial charge in [-0.1, -0.05) is 13.8 Å². The zero-order chi connectivity index (χ0) is 13.8. The lowest BCUT2D eigenvalue weighted by Crippen LogP contribution is -2.07. The Kier molecular flexibility index (Phi) is 3.76. The van der Waals surface area contributed by atoms with Crippen LogP contribution in [-0.2, 0) is 0 Å². The van der Waals surface area contributed by atoms with E-state index in [1.165, 1.54) is 0 Å². The van der Waals surface area contributed by atoms with Crippen molar-refractivity contribution in [2.75, 3.05) is 6.61 Å². The first-order valence-electron chi connectivity index (χ1n) is 6.07. The molecule has 1 heterocycles. The molecule has 1 aromatic carbocycles. The SMILES string of the molecule is CC(C)COc1nc2ccc(C=O)cc2cc1C#N. The summed E-state index contributed by atoms with van der Waals surface area (Å²) in [6.45, 7) is 4.58. The summed E-state index contributed by atoms with van der Waals surface area (Å²) in [6, 6.07) is 8.93. The number of nitriles is 1. The summed E-state index contributed by atoms with van der Waals surface area (Å²) < 4.78 is 5.55. The number of nitrogens with zero attached hydrogens (tertiary/aromatic N) is 2. The van der Waals surface area contributed by atoms with E-state index in [2.05, 4.69) is 11.1 Å². The Bertz CT molecular complexity index is 657. The summed E-state index contributed by atoms with van der Waals surface area (Å²) in [5, 5.41) is 9.89. The van der Waals surface area contributed by atoms with Gasteiger partial charge in [0.15, 0.2) is 0 Å². The maximum Gasteiger partial charge on any atom is 0.232 e. The molecule has 0 bridgehead atoms. The van der Waals surface area contributed by atoms with Gasteiger partial charge in [-0.3, -0.25) is 4.79 Å². The predicted molar refractivity (Wildman–Crippen MR) is 72.2 cm³/mol. The molecule has 4 heteroatoms. The lowest BCUT2D eigenvalue weighted by molar-refractivity contribution is 0.112. The molecule has 2 aromatic rings. The molecule has 0 spiro atoms. The van der Waals surface area contributed by atoms with Crippen LogP contribution in [0.25, 0.3) is 10.9 Å². The van der Waals surface area contributed by atoms with Crippen LogP contribution in [0, 0.1) is 17.2 Å². The molecule has 1 aromatic heterocycles. The van der Waals surface area contributed by atoms with Crippen molar-refractivity contribution in [1.29, 1.82) is 5.26 Å². The van der Waals surface area contributed by atoms with Crippen molar-refractivity contribution < 1.29 is 9.53 Å². The van der Waals surface area contributed by atoms with Gasteiger partial charge in [-0.25, -0.2) is 4.98 Å². The van der Waals surface area contributed by atoms with Crippen LogP contribution in [0.15, 0.2) is 24.3 Å². The highest BCUT2D eigenvalue weighted by Crippen LogP contribution is 2.22. The topological polar surface area (TPSA) is 63.0 Å². The number of hydrogen-bond acceptors (Lipinski definition) is 4. The van der Waals surface area contributed by atoms with Crippen molar-refractivity contribution >= 4 is 17.2 Å². The third-order valence-corrected chi connectivity index (χ3v) is 2.61. The minimum absolute atomic E-state index is 0.350. The van der Waals surface area contributed by atoms with Gasteiger partial charge in [0.1, 0.15) is 17.9 Å². The molecule has 0 radical (unpaired) electrons. The monoisotopic (exact) mass is 254 g/mol. The van der Waals surface area contributed by atoms with Gasteiger partial charge in [0.25, 0.3) is 0 Å². The summed E-state index contributed by atoms with van der Waals surface area (Å²) in [4.78, 5) is 15.1. The van der Waals surface area contributed by atoms with Crippen molar-refractivity contribution in [2.45, 2.75) is 13.8 Å². The van der Waals surface area contributed by atoms with E-state index in [4.69, 9.17) is 10.00 Å². The molecule has 19 heavy (non-hydrogen) atoms. The van der Waals surface area contributed by atoms with Crippen molar-refractivity contribution in [3.05, 3.63) is 35.4 Å². The van der Waals surface area contributed by atoms with E-state index in [9.17, 15) is 4.79 Å². The van der Waals surface area contributed by atoms with Gasteiger partial charge in [-0.15, -0.1) is 0 Å². The Morgan fingerprint density at radius 1 is 1.42 bits per heavy atom. The number of carbonyl (C=O) groups is 1. The van der Waals surface area contributed by atoms with Gasteiger partial charge in [-0.2, -0.15) is 5.26 Å². The molecule has 0 fully saturated rings. The molecule has 0 unspecified atom stereocenters. The smallest absolute Gasteiger partial charge is 0.232 e. The lowest BCUT2D eigenvalue weighted by Gasteiger charge is -2.10. The second-order valence-corrected chi connectivity index (χ2v) is 4.73. The van der Waals surface area contributed by atoms with Crippen molar-refractivity contribution in [2.24, 2.45) is 5.92 Å². The number of fused-ring (bicyclic) bond motifs is 1. The average Bonchev–Trinajstić information content (AvgIpc) is 2.43. The van der Waals surface area contributed by atoms with Crippen molar-refractivity contribution in [1.82, 2.24) is 4.98 Å². The van der Waals surface area contributed by atoms with Crippen LogP contribution < -0.4 is 4.74 Å². The Hall–Kier alpha value is -2.41. The number of aromatic nitrogens is 1. The van der Waals surface area contributed by atoms with Gasteiger partial charge < -0.3 is 4.74 Å². The maximum atomic E-state index is 10.7. The van der Waals surface area contributed by atoms with Crippen molar-refractivity contribution in [3.8, 4) is 11.9 Å². The highest BCUT2D eigenvalue weighted by Gasteiger charge is 2.09. The molecule has 0 saturated heterocycles. The summed E-state index contributed by atoms with van der Waals surface area (Å²) in [7, 11) is 0. The molecule has 0 aliphatic heterocycles. The van der Waals surface area contributed by atoms with Gasteiger partial charge in [0.2, 0.25) is 5.88 Å². The first-order valence-corrected chi connectivity index (χ1v) is 6.07. The molecule has 0 amide bonds. The second kappa shape index (κ2) is 5.49. The van der Waals surface area contributed by atoms with Crippen LogP contribution in [0.1, 0.15) is 29.8 Å². The normalized spacial score (nSPS) is 10.4. The summed E-state index contributed by atoms with van der Waals surface area (Å²) in [5.41, 5.74) is 1.66. The van der Waals surface area contributed by atoms with Gasteiger partial charge in [0, 0.05) is 10.9 Å². The average molecular weight is 254 g/mol. The number of hydrogen-bond donors (Lipinski definition) is 0. The Balaban J connectivity index is 2.48. The summed E-state index contributed by atoms with van der Waals surface area (Å²) in [6.07, 6.45) is 0.772. The molecule has 4 nitrogen and oxygen atoms in total. The third-order valence-electron chi connectivity index (χ3n) is 2.61. The molecule has 96 valence electrons. The van der Waals surface area contributed by atoms with E-state index in [1.54, 1.807) is 24.3 Å². The van der Waals surface area contributed by atoms with E-state index in [-0.39, 0.29) is 0 Å². The molecule has 0 saturated carbocycles. The fourth-order valence-electron chi connectivity index (χ4n) is 1.69. The number of pyridine rings is 1. The van der Waals surface area contributed by atoms with Gasteiger partial charge in [0.05, 0.1) is 12.1 Å². The second-order valence-electron chi connectivity index (χ2n) is 4.73. The molecular formula is C15H14N2O2. The van der Waals surface area contributed by atoms with Gasteiger partial charge in [-0.05, 0) is 30.2 Å². The van der Waals surface area contributed by atoms with E-state index in [0.29, 0.717) is 35.0 Å². The Morgan fingerprint density at radius 2 is 2.21 bits per heavy atom. The largest absolute Gasteiger partial charge is 0.476 e. The van der Waals surface area contributed by atoms with Crippen LogP contribution in [0.2, 0.25) is 0 Å².